The van der Waals surface area contributed by atoms with E-state index in [1.807, 2.05) is 25.5 Å². The predicted molar refractivity (Wildman–Crippen MR) is 120 cm³/mol. The molecular weight excluding hydrogens is 414 g/mol. The van der Waals surface area contributed by atoms with E-state index in [2.05, 4.69) is 19.9 Å². The van der Waals surface area contributed by atoms with Gasteiger partial charge >= 0.3 is 0 Å². The monoisotopic (exact) mass is 443 g/mol. The molecule has 2 aliphatic heterocycles. The summed E-state index contributed by atoms with van der Waals surface area (Å²) >= 11 is 6.66. The maximum absolute atomic E-state index is 13.5. The topological polar surface area (TPSA) is 74.5 Å². The smallest absolute Gasteiger partial charge is 0.230 e. The van der Waals surface area contributed by atoms with E-state index in [9.17, 15) is 9.90 Å². The van der Waals surface area contributed by atoms with Gasteiger partial charge in [0, 0.05) is 56.2 Å². The number of aromatic nitrogens is 3. The highest BCUT2D eigenvalue weighted by Crippen LogP contribution is 2.44. The lowest BCUT2D eigenvalue weighted by atomic mass is 9.78. The molecule has 4 heterocycles. The Hall–Kier alpha value is -2.12. The Morgan fingerprint density at radius 3 is 2.65 bits per heavy atom. The van der Waals surface area contributed by atoms with Gasteiger partial charge in [0.05, 0.1) is 22.7 Å². The highest BCUT2D eigenvalue weighted by Gasteiger charge is 2.51. The molecule has 0 aromatic carbocycles. The van der Waals surface area contributed by atoms with Gasteiger partial charge in [0.25, 0.3) is 0 Å². The highest BCUT2D eigenvalue weighted by atomic mass is 35.5. The van der Waals surface area contributed by atoms with Crippen molar-refractivity contribution in [1.82, 2.24) is 19.7 Å². The number of hydrogen-bond acceptors (Lipinski definition) is 5. The number of hydrogen-bond donors (Lipinski definition) is 1. The molecule has 0 radical (unpaired) electrons. The van der Waals surface area contributed by atoms with Crippen LogP contribution in [0.25, 0.3) is 11.1 Å². The Morgan fingerprint density at radius 2 is 1.94 bits per heavy atom. The van der Waals surface area contributed by atoms with E-state index in [0.29, 0.717) is 17.5 Å². The van der Waals surface area contributed by atoms with Crippen molar-refractivity contribution >= 4 is 23.3 Å². The van der Waals surface area contributed by atoms with Gasteiger partial charge in [-0.3, -0.25) is 9.48 Å². The summed E-state index contributed by atoms with van der Waals surface area (Å²) in [6.45, 7) is 2.37. The summed E-state index contributed by atoms with van der Waals surface area (Å²) in [6.07, 6.45) is 11.6. The van der Waals surface area contributed by atoms with Gasteiger partial charge in [-0.2, -0.15) is 5.10 Å². The number of likely N-dealkylation sites (tertiary alicyclic amines) is 1. The Kier molecular flexibility index (Phi) is 5.42. The van der Waals surface area contributed by atoms with Gasteiger partial charge in [-0.25, -0.2) is 4.98 Å². The van der Waals surface area contributed by atoms with Crippen LogP contribution in [0.3, 0.4) is 0 Å². The van der Waals surface area contributed by atoms with Crippen LogP contribution in [-0.4, -0.2) is 62.5 Å². The average molecular weight is 444 g/mol. The molecule has 8 heteroatoms. The van der Waals surface area contributed by atoms with Crippen molar-refractivity contribution in [2.24, 2.45) is 12.5 Å². The molecule has 1 unspecified atom stereocenters. The number of nitrogens with zero attached hydrogens (tertiary/aromatic N) is 5. The zero-order chi connectivity index (χ0) is 21.6. The number of carbonyl (C=O) groups is 1. The number of halogens is 1. The summed E-state index contributed by atoms with van der Waals surface area (Å²) < 4.78 is 1.76. The number of carbonyl (C=O) groups excluding carboxylic acids is 1. The molecule has 1 saturated carbocycles. The van der Waals surface area contributed by atoms with Crippen LogP contribution < -0.4 is 4.90 Å². The number of aliphatic hydroxyl groups is 1. The second-order valence-electron chi connectivity index (χ2n) is 9.45. The molecule has 1 amide bonds. The van der Waals surface area contributed by atoms with Crippen molar-refractivity contribution in [1.29, 1.82) is 0 Å². The molecular formula is C23H30ClN5O2. The zero-order valence-electron chi connectivity index (χ0n) is 18.0. The number of piperidine rings is 1. The zero-order valence-corrected chi connectivity index (χ0v) is 18.8. The fourth-order valence-corrected chi connectivity index (χ4v) is 5.93. The van der Waals surface area contributed by atoms with Gasteiger partial charge in [0.1, 0.15) is 5.82 Å². The standard InChI is InChI=1S/C23H30ClN5O2/c1-27-14-17(13-26-27)16-11-20(24)21(25-12-16)28-9-2-7-23(15-28)8-10-29(22(23)31)18-3-5-19(30)6-4-18/h11-14,18-19,30H,2-10,15H2,1H3/t18-,19-,23?. The third-order valence-corrected chi connectivity index (χ3v) is 7.67. The quantitative estimate of drug-likeness (QED) is 0.788. The number of pyridine rings is 1. The van der Waals surface area contributed by atoms with Gasteiger partial charge in [-0.05, 0) is 51.0 Å². The van der Waals surface area contributed by atoms with E-state index >= 15 is 0 Å². The number of amides is 1. The minimum Gasteiger partial charge on any atom is -0.393 e. The van der Waals surface area contributed by atoms with Crippen molar-refractivity contribution in [3.63, 3.8) is 0 Å². The first-order valence-electron chi connectivity index (χ1n) is 11.3. The van der Waals surface area contributed by atoms with Crippen molar-refractivity contribution in [3.05, 3.63) is 29.7 Å². The van der Waals surface area contributed by atoms with Gasteiger partial charge < -0.3 is 14.9 Å². The number of rotatable bonds is 3. The van der Waals surface area contributed by atoms with Crippen LogP contribution in [0.2, 0.25) is 5.02 Å². The van der Waals surface area contributed by atoms with Crippen molar-refractivity contribution < 1.29 is 9.90 Å². The molecule has 3 aliphatic rings. The van der Waals surface area contributed by atoms with Crippen LogP contribution in [0, 0.1) is 5.41 Å². The molecule has 2 saturated heterocycles. The first-order valence-corrected chi connectivity index (χ1v) is 11.7. The van der Waals surface area contributed by atoms with E-state index in [1.165, 1.54) is 0 Å². The molecule has 2 aromatic rings. The summed E-state index contributed by atoms with van der Waals surface area (Å²) in [5, 5.41) is 14.7. The summed E-state index contributed by atoms with van der Waals surface area (Å²) in [4.78, 5) is 22.5. The maximum atomic E-state index is 13.5. The van der Waals surface area contributed by atoms with Crippen LogP contribution in [0.15, 0.2) is 24.7 Å². The van der Waals surface area contributed by atoms with Gasteiger partial charge in [-0.15, -0.1) is 0 Å². The molecule has 166 valence electrons. The lowest BCUT2D eigenvalue weighted by molar-refractivity contribution is -0.139. The third-order valence-electron chi connectivity index (χ3n) is 7.39. The van der Waals surface area contributed by atoms with Crippen molar-refractivity contribution in [3.8, 4) is 11.1 Å². The SMILES string of the molecule is Cn1cc(-c2cnc(N3CCCC4(CCN([C@H]5CC[C@H](O)CC5)C4=O)C3)c(Cl)c2)cn1. The Morgan fingerprint density at radius 1 is 1.13 bits per heavy atom. The minimum atomic E-state index is -0.332. The molecule has 1 N–H and O–H groups in total. The third kappa shape index (κ3) is 3.82. The summed E-state index contributed by atoms with van der Waals surface area (Å²) in [7, 11) is 1.89. The van der Waals surface area contributed by atoms with E-state index in [-0.39, 0.29) is 17.6 Å². The first-order chi connectivity index (χ1) is 14.9. The van der Waals surface area contributed by atoms with E-state index < -0.39 is 0 Å². The number of anilines is 1. The molecule has 0 bridgehead atoms. The second-order valence-corrected chi connectivity index (χ2v) is 9.86. The van der Waals surface area contributed by atoms with Gasteiger partial charge in [0.15, 0.2) is 0 Å². The molecule has 2 aromatic heterocycles. The van der Waals surface area contributed by atoms with E-state index in [0.717, 1.165) is 75.0 Å². The summed E-state index contributed by atoms with van der Waals surface area (Å²) in [5.41, 5.74) is 1.59. The van der Waals surface area contributed by atoms with Crippen LogP contribution >= 0.6 is 11.6 Å². The van der Waals surface area contributed by atoms with E-state index in [4.69, 9.17) is 11.6 Å². The predicted octanol–water partition coefficient (Wildman–Crippen LogP) is 3.26. The Bertz CT molecular complexity index is 971. The van der Waals surface area contributed by atoms with Gasteiger partial charge in [-0.1, -0.05) is 11.6 Å². The Balaban J connectivity index is 1.33. The number of aryl methyl sites for hydroxylation is 1. The highest BCUT2D eigenvalue weighted by molar-refractivity contribution is 6.33. The van der Waals surface area contributed by atoms with Crippen LogP contribution in [0.1, 0.15) is 44.9 Å². The number of aliphatic hydroxyl groups excluding tert-OH is 1. The fourth-order valence-electron chi connectivity index (χ4n) is 5.65. The molecule has 1 spiro atoms. The fraction of sp³-hybridized carbons (Fsp3) is 0.609. The molecule has 1 atom stereocenters. The van der Waals surface area contributed by atoms with Crippen molar-refractivity contribution in [2.75, 3.05) is 24.5 Å². The first kappa shape index (κ1) is 20.8. The maximum Gasteiger partial charge on any atom is 0.230 e. The molecule has 5 rings (SSSR count). The van der Waals surface area contributed by atoms with Crippen LogP contribution in [-0.2, 0) is 11.8 Å². The second kappa shape index (κ2) is 8.10. The molecule has 31 heavy (non-hydrogen) atoms. The molecule has 7 nitrogen and oxygen atoms in total. The lowest BCUT2D eigenvalue weighted by Gasteiger charge is -2.41. The van der Waals surface area contributed by atoms with E-state index in [1.54, 1.807) is 10.9 Å². The summed E-state index contributed by atoms with van der Waals surface area (Å²) in [5.74, 6) is 1.06. The van der Waals surface area contributed by atoms with Gasteiger partial charge in [0.2, 0.25) is 5.91 Å². The molecule has 1 aliphatic carbocycles. The lowest BCUT2D eigenvalue weighted by Crippen LogP contribution is -2.50. The normalized spacial score (nSPS) is 29.2. The van der Waals surface area contributed by atoms with Crippen LogP contribution in [0.5, 0.6) is 0 Å². The van der Waals surface area contributed by atoms with Crippen LogP contribution in [0.4, 0.5) is 5.82 Å². The average Bonchev–Trinajstić information content (AvgIpc) is 3.33. The Labute approximate surface area is 188 Å². The molecule has 3 fully saturated rings. The minimum absolute atomic E-state index is 0.198. The van der Waals surface area contributed by atoms with Crippen molar-refractivity contribution in [2.45, 2.75) is 57.1 Å². The summed E-state index contributed by atoms with van der Waals surface area (Å²) in [6, 6.07) is 2.23. The largest absolute Gasteiger partial charge is 0.393 e.